The van der Waals surface area contributed by atoms with Crippen LogP contribution in [0.15, 0.2) is 36.5 Å². The second-order valence-corrected chi connectivity index (χ2v) is 5.73. The van der Waals surface area contributed by atoms with Crippen molar-refractivity contribution in [2.75, 3.05) is 36.5 Å². The number of ether oxygens (including phenoxy) is 1. The number of aromatic nitrogens is 1. The van der Waals surface area contributed by atoms with Gasteiger partial charge in [0.05, 0.1) is 18.8 Å². The Labute approximate surface area is 136 Å². The van der Waals surface area contributed by atoms with Crippen LogP contribution < -0.4 is 10.2 Å². The van der Waals surface area contributed by atoms with Gasteiger partial charge in [-0.2, -0.15) is 0 Å². The molecule has 1 aromatic carbocycles. The summed E-state index contributed by atoms with van der Waals surface area (Å²) in [5.41, 5.74) is 3.75. The summed E-state index contributed by atoms with van der Waals surface area (Å²) >= 11 is 0. The molecule has 1 N–H and O–H groups in total. The lowest BCUT2D eigenvalue weighted by atomic mass is 10.1. The number of hydrogen-bond donors (Lipinski definition) is 1. The lowest BCUT2D eigenvalue weighted by Crippen LogP contribution is -2.38. The van der Waals surface area contributed by atoms with Crippen LogP contribution >= 0.6 is 0 Å². The van der Waals surface area contributed by atoms with Gasteiger partial charge in [-0.25, -0.2) is 4.98 Å². The van der Waals surface area contributed by atoms with Gasteiger partial charge in [-0.1, -0.05) is 6.07 Å². The molecule has 1 aromatic heterocycles. The highest BCUT2D eigenvalue weighted by Crippen LogP contribution is 2.21. The Morgan fingerprint density at radius 1 is 1.17 bits per heavy atom. The van der Waals surface area contributed by atoms with Crippen molar-refractivity contribution >= 4 is 17.4 Å². The number of amides is 1. The summed E-state index contributed by atoms with van der Waals surface area (Å²) < 4.78 is 5.37. The minimum absolute atomic E-state index is 0.136. The first-order chi connectivity index (χ1) is 11.1. The quantitative estimate of drug-likeness (QED) is 0.947. The molecule has 1 amide bonds. The smallest absolute Gasteiger partial charge is 0.259 e. The monoisotopic (exact) mass is 311 g/mol. The summed E-state index contributed by atoms with van der Waals surface area (Å²) in [6, 6.07) is 9.52. The summed E-state index contributed by atoms with van der Waals surface area (Å²) in [6.45, 7) is 6.91. The molecule has 1 fully saturated rings. The maximum absolute atomic E-state index is 12.7. The van der Waals surface area contributed by atoms with Crippen molar-refractivity contribution in [1.82, 2.24) is 4.98 Å². The fourth-order valence-corrected chi connectivity index (χ4v) is 2.62. The average Bonchev–Trinajstić information content (AvgIpc) is 2.59. The van der Waals surface area contributed by atoms with E-state index in [9.17, 15) is 4.79 Å². The van der Waals surface area contributed by atoms with Crippen LogP contribution in [0.2, 0.25) is 0 Å². The van der Waals surface area contributed by atoms with Crippen LogP contribution in [0.25, 0.3) is 0 Å². The number of nitrogens with one attached hydrogen (secondary N) is 1. The molecule has 5 nitrogen and oxygen atoms in total. The van der Waals surface area contributed by atoms with E-state index in [-0.39, 0.29) is 5.91 Å². The first-order valence-corrected chi connectivity index (χ1v) is 7.81. The summed E-state index contributed by atoms with van der Waals surface area (Å²) in [7, 11) is 0. The number of nitrogens with zero attached hydrogens (tertiary/aromatic N) is 2. The molecule has 5 heteroatoms. The minimum atomic E-state index is -0.136. The fourth-order valence-electron chi connectivity index (χ4n) is 2.62. The van der Waals surface area contributed by atoms with E-state index in [1.165, 1.54) is 5.56 Å². The lowest BCUT2D eigenvalue weighted by molar-refractivity contribution is 0.102. The number of hydrogen-bond acceptors (Lipinski definition) is 4. The zero-order chi connectivity index (χ0) is 16.2. The normalized spacial score (nSPS) is 14.6. The second-order valence-electron chi connectivity index (χ2n) is 5.73. The molecule has 2 heterocycles. The van der Waals surface area contributed by atoms with E-state index in [4.69, 9.17) is 4.74 Å². The zero-order valence-corrected chi connectivity index (χ0v) is 13.5. The third kappa shape index (κ3) is 3.51. The predicted octanol–water partition coefficient (Wildman–Crippen LogP) is 2.79. The van der Waals surface area contributed by atoms with Crippen LogP contribution in [0.5, 0.6) is 0 Å². The van der Waals surface area contributed by atoms with Crippen LogP contribution in [-0.2, 0) is 4.74 Å². The fraction of sp³-hybridized carbons (Fsp3) is 0.333. The Kier molecular flexibility index (Phi) is 4.57. The van der Waals surface area contributed by atoms with Crippen molar-refractivity contribution in [2.24, 2.45) is 0 Å². The van der Waals surface area contributed by atoms with Gasteiger partial charge in [0.25, 0.3) is 5.91 Å². The topological polar surface area (TPSA) is 54.5 Å². The lowest BCUT2D eigenvalue weighted by Gasteiger charge is -2.29. The molecule has 0 bridgehead atoms. The average molecular weight is 311 g/mol. The molecule has 0 unspecified atom stereocenters. The van der Waals surface area contributed by atoms with E-state index in [1.807, 2.05) is 31.2 Å². The van der Waals surface area contributed by atoms with E-state index < -0.39 is 0 Å². The van der Waals surface area contributed by atoms with Crippen LogP contribution in [0.3, 0.4) is 0 Å². The SMILES string of the molecule is Cc1ccc(NC(=O)c2cccnc2N2CCOCC2)cc1C. The van der Waals surface area contributed by atoms with Crippen molar-refractivity contribution in [3.63, 3.8) is 0 Å². The number of aryl methyl sites for hydroxylation is 2. The molecular formula is C18H21N3O2. The standard InChI is InChI=1S/C18H21N3O2/c1-13-5-6-15(12-14(13)2)20-18(22)16-4-3-7-19-17(16)21-8-10-23-11-9-21/h3-7,12H,8-11H2,1-2H3,(H,20,22). The molecule has 0 aliphatic carbocycles. The Hall–Kier alpha value is -2.40. The number of rotatable bonds is 3. The van der Waals surface area contributed by atoms with Crippen LogP contribution in [0, 0.1) is 13.8 Å². The largest absolute Gasteiger partial charge is 0.378 e. The van der Waals surface area contributed by atoms with Crippen molar-refractivity contribution < 1.29 is 9.53 Å². The molecule has 120 valence electrons. The Morgan fingerprint density at radius 2 is 1.96 bits per heavy atom. The molecule has 1 aliphatic heterocycles. The van der Waals surface area contributed by atoms with Gasteiger partial charge in [-0.3, -0.25) is 4.79 Å². The maximum Gasteiger partial charge on any atom is 0.259 e. The minimum Gasteiger partial charge on any atom is -0.378 e. The van der Waals surface area contributed by atoms with Gasteiger partial charge < -0.3 is 15.0 Å². The van der Waals surface area contributed by atoms with Gasteiger partial charge >= 0.3 is 0 Å². The maximum atomic E-state index is 12.7. The highest BCUT2D eigenvalue weighted by molar-refractivity contribution is 6.07. The van der Waals surface area contributed by atoms with E-state index in [2.05, 4.69) is 22.1 Å². The highest BCUT2D eigenvalue weighted by atomic mass is 16.5. The first-order valence-electron chi connectivity index (χ1n) is 7.81. The van der Waals surface area contributed by atoms with E-state index in [1.54, 1.807) is 12.3 Å². The van der Waals surface area contributed by atoms with E-state index in [0.29, 0.717) is 18.8 Å². The van der Waals surface area contributed by atoms with Crippen molar-refractivity contribution in [2.45, 2.75) is 13.8 Å². The van der Waals surface area contributed by atoms with Crippen LogP contribution in [0.4, 0.5) is 11.5 Å². The molecule has 2 aromatic rings. The Balaban J connectivity index is 1.83. The Morgan fingerprint density at radius 3 is 2.70 bits per heavy atom. The molecule has 0 spiro atoms. The highest BCUT2D eigenvalue weighted by Gasteiger charge is 2.19. The van der Waals surface area contributed by atoms with Crippen molar-refractivity contribution in [3.05, 3.63) is 53.2 Å². The Bertz CT molecular complexity index is 709. The third-order valence-electron chi connectivity index (χ3n) is 4.11. The molecule has 1 saturated heterocycles. The number of carbonyl (C=O) groups is 1. The number of benzene rings is 1. The van der Waals surface area contributed by atoms with Gasteiger partial charge in [0.15, 0.2) is 0 Å². The summed E-state index contributed by atoms with van der Waals surface area (Å²) in [6.07, 6.45) is 1.72. The van der Waals surface area contributed by atoms with Gasteiger partial charge in [-0.05, 0) is 49.2 Å². The number of pyridine rings is 1. The number of carbonyl (C=O) groups excluding carboxylic acids is 1. The van der Waals surface area contributed by atoms with Gasteiger partial charge in [-0.15, -0.1) is 0 Å². The number of anilines is 2. The summed E-state index contributed by atoms with van der Waals surface area (Å²) in [5.74, 6) is 0.583. The van der Waals surface area contributed by atoms with E-state index >= 15 is 0 Å². The molecule has 0 saturated carbocycles. The zero-order valence-electron chi connectivity index (χ0n) is 13.5. The second kappa shape index (κ2) is 6.79. The third-order valence-corrected chi connectivity index (χ3v) is 4.11. The molecule has 3 rings (SSSR count). The molecule has 23 heavy (non-hydrogen) atoms. The predicted molar refractivity (Wildman–Crippen MR) is 91.1 cm³/mol. The molecular weight excluding hydrogens is 290 g/mol. The molecule has 1 aliphatic rings. The van der Waals surface area contributed by atoms with Crippen molar-refractivity contribution in [1.29, 1.82) is 0 Å². The van der Waals surface area contributed by atoms with Crippen LogP contribution in [0.1, 0.15) is 21.5 Å². The summed E-state index contributed by atoms with van der Waals surface area (Å²) in [5, 5.41) is 2.97. The van der Waals surface area contributed by atoms with Crippen molar-refractivity contribution in [3.8, 4) is 0 Å². The van der Waals surface area contributed by atoms with Gasteiger partial charge in [0, 0.05) is 25.0 Å². The van der Waals surface area contributed by atoms with Gasteiger partial charge in [0.2, 0.25) is 0 Å². The summed E-state index contributed by atoms with van der Waals surface area (Å²) in [4.78, 5) is 19.2. The van der Waals surface area contributed by atoms with E-state index in [0.717, 1.165) is 30.2 Å². The van der Waals surface area contributed by atoms with Crippen LogP contribution in [-0.4, -0.2) is 37.2 Å². The number of morpholine rings is 1. The first kappa shape index (κ1) is 15.5. The van der Waals surface area contributed by atoms with Gasteiger partial charge in [0.1, 0.15) is 5.82 Å². The molecule has 0 atom stereocenters. The molecule has 0 radical (unpaired) electrons.